The summed E-state index contributed by atoms with van der Waals surface area (Å²) in [5.74, 6) is -0.992. The zero-order valence-electron chi connectivity index (χ0n) is 15.0. The van der Waals surface area contributed by atoms with Gasteiger partial charge < -0.3 is 16.0 Å². The summed E-state index contributed by atoms with van der Waals surface area (Å²) in [5, 5.41) is 7.66. The molecule has 2 aromatic carbocycles. The summed E-state index contributed by atoms with van der Waals surface area (Å²) in [6.45, 7) is 3.84. The van der Waals surface area contributed by atoms with Crippen LogP contribution in [0, 0.1) is 13.8 Å². The molecule has 1 aliphatic rings. The number of alkyl halides is 3. The monoisotopic (exact) mass is 411 g/mol. The number of fused-ring (bicyclic) bond motifs is 1. The number of hydrogen-bond donors (Lipinski definition) is 3. The number of benzene rings is 2. The summed E-state index contributed by atoms with van der Waals surface area (Å²) in [4.78, 5) is 24.5. The fourth-order valence-electron chi connectivity index (χ4n) is 2.87. The normalized spacial score (nSPS) is 16.1. The Kier molecular flexibility index (Phi) is 5.25. The molecule has 0 saturated carbocycles. The molecule has 3 rings (SSSR count). The minimum atomic E-state index is -4.64. The third kappa shape index (κ3) is 4.22. The first-order valence-electron chi connectivity index (χ1n) is 8.40. The molecule has 9 heteroatoms. The van der Waals surface area contributed by atoms with Crippen molar-refractivity contribution in [1.29, 1.82) is 0 Å². The van der Waals surface area contributed by atoms with Gasteiger partial charge in [0, 0.05) is 5.69 Å². The standard InChI is InChI=1S/C19H17ClF3N3O2/c1-9-5-14-15(6-10(9)2)26-18(28)16(25-14)8-17(27)24-11-3-4-13(20)12(7-11)19(21,22)23/h3-7,16,25H,8H2,1-2H3,(H,24,27)(H,26,28). The van der Waals surface area contributed by atoms with Crippen LogP contribution < -0.4 is 16.0 Å². The molecule has 0 fully saturated rings. The van der Waals surface area contributed by atoms with Crippen molar-refractivity contribution in [1.82, 2.24) is 0 Å². The van der Waals surface area contributed by atoms with E-state index in [1.54, 1.807) is 0 Å². The molecule has 1 atom stereocenters. The molecule has 1 unspecified atom stereocenters. The van der Waals surface area contributed by atoms with Gasteiger partial charge in [0.25, 0.3) is 0 Å². The van der Waals surface area contributed by atoms with Crippen molar-refractivity contribution in [3.05, 3.63) is 52.0 Å². The lowest BCUT2D eigenvalue weighted by Gasteiger charge is -2.27. The Labute approximate surface area is 164 Å². The highest BCUT2D eigenvalue weighted by Crippen LogP contribution is 2.36. The summed E-state index contributed by atoms with van der Waals surface area (Å²) in [7, 11) is 0. The Morgan fingerprint density at radius 2 is 1.79 bits per heavy atom. The Morgan fingerprint density at radius 3 is 2.43 bits per heavy atom. The van der Waals surface area contributed by atoms with Gasteiger partial charge in [-0.15, -0.1) is 0 Å². The molecule has 2 aromatic rings. The molecule has 0 aromatic heterocycles. The first kappa shape index (κ1) is 20.0. The van der Waals surface area contributed by atoms with E-state index < -0.39 is 34.6 Å². The highest BCUT2D eigenvalue weighted by molar-refractivity contribution is 6.31. The van der Waals surface area contributed by atoms with Gasteiger partial charge in [0.2, 0.25) is 11.8 Å². The van der Waals surface area contributed by atoms with Crippen molar-refractivity contribution in [2.75, 3.05) is 16.0 Å². The van der Waals surface area contributed by atoms with Crippen LogP contribution in [0.1, 0.15) is 23.1 Å². The lowest BCUT2D eigenvalue weighted by molar-refractivity contribution is -0.137. The topological polar surface area (TPSA) is 70.2 Å². The van der Waals surface area contributed by atoms with E-state index in [1.165, 1.54) is 6.07 Å². The zero-order valence-corrected chi connectivity index (χ0v) is 15.8. The van der Waals surface area contributed by atoms with Crippen molar-refractivity contribution in [3.8, 4) is 0 Å². The van der Waals surface area contributed by atoms with Crippen LogP contribution in [0.15, 0.2) is 30.3 Å². The van der Waals surface area contributed by atoms with E-state index in [2.05, 4.69) is 16.0 Å². The van der Waals surface area contributed by atoms with E-state index in [0.717, 1.165) is 23.3 Å². The van der Waals surface area contributed by atoms with Gasteiger partial charge in [-0.25, -0.2) is 0 Å². The van der Waals surface area contributed by atoms with Crippen LogP contribution >= 0.6 is 11.6 Å². The van der Waals surface area contributed by atoms with Crippen LogP contribution in [-0.2, 0) is 15.8 Å². The van der Waals surface area contributed by atoms with Gasteiger partial charge in [0.1, 0.15) is 6.04 Å². The fraction of sp³-hybridized carbons (Fsp3) is 0.263. The first-order chi connectivity index (χ1) is 13.0. The van der Waals surface area contributed by atoms with Crippen LogP contribution in [0.4, 0.5) is 30.2 Å². The molecule has 0 spiro atoms. The van der Waals surface area contributed by atoms with Gasteiger partial charge in [-0.3, -0.25) is 9.59 Å². The average Bonchev–Trinajstić information content (AvgIpc) is 2.58. The number of hydrogen-bond acceptors (Lipinski definition) is 3. The first-order valence-corrected chi connectivity index (χ1v) is 8.77. The summed E-state index contributed by atoms with van der Waals surface area (Å²) in [6.07, 6.45) is -4.88. The molecule has 148 valence electrons. The largest absolute Gasteiger partial charge is 0.417 e. The van der Waals surface area contributed by atoms with E-state index in [9.17, 15) is 22.8 Å². The van der Waals surface area contributed by atoms with Crippen molar-refractivity contribution in [2.45, 2.75) is 32.5 Å². The summed E-state index contributed by atoms with van der Waals surface area (Å²) < 4.78 is 38.8. The van der Waals surface area contributed by atoms with Gasteiger partial charge in [0.05, 0.1) is 28.4 Å². The molecule has 0 radical (unpaired) electrons. The number of carbonyl (C=O) groups is 2. The lowest BCUT2D eigenvalue weighted by Crippen LogP contribution is -2.41. The Morgan fingerprint density at radius 1 is 1.14 bits per heavy atom. The van der Waals surface area contributed by atoms with Gasteiger partial charge in [-0.2, -0.15) is 13.2 Å². The third-order valence-electron chi connectivity index (χ3n) is 4.48. The molecule has 5 nitrogen and oxygen atoms in total. The van der Waals surface area contributed by atoms with Crippen molar-refractivity contribution in [2.24, 2.45) is 0 Å². The summed E-state index contributed by atoms with van der Waals surface area (Å²) in [6, 6.07) is 5.94. The van der Waals surface area contributed by atoms with E-state index in [0.29, 0.717) is 11.4 Å². The molecular formula is C19H17ClF3N3O2. The van der Waals surface area contributed by atoms with Crippen LogP contribution in [0.3, 0.4) is 0 Å². The van der Waals surface area contributed by atoms with E-state index in [4.69, 9.17) is 11.6 Å². The number of anilines is 3. The summed E-state index contributed by atoms with van der Waals surface area (Å²) >= 11 is 5.57. The molecule has 0 saturated heterocycles. The molecule has 2 amide bonds. The van der Waals surface area contributed by atoms with Gasteiger partial charge in [-0.05, 0) is 55.3 Å². The molecule has 3 N–H and O–H groups in total. The Hall–Kier alpha value is -2.74. The number of halogens is 4. The predicted molar refractivity (Wildman–Crippen MR) is 102 cm³/mol. The van der Waals surface area contributed by atoms with Crippen LogP contribution in [0.5, 0.6) is 0 Å². The molecule has 0 aliphatic carbocycles. The number of nitrogens with one attached hydrogen (secondary N) is 3. The van der Waals surface area contributed by atoms with E-state index >= 15 is 0 Å². The zero-order chi connectivity index (χ0) is 20.6. The van der Waals surface area contributed by atoms with E-state index in [-0.39, 0.29) is 12.1 Å². The number of rotatable bonds is 3. The number of aryl methyl sites for hydroxylation is 2. The van der Waals surface area contributed by atoms with Crippen LogP contribution in [0.25, 0.3) is 0 Å². The predicted octanol–water partition coefficient (Wildman–Crippen LogP) is 4.74. The minimum Gasteiger partial charge on any atom is -0.372 e. The van der Waals surface area contributed by atoms with Gasteiger partial charge >= 0.3 is 6.18 Å². The summed E-state index contributed by atoms with van der Waals surface area (Å²) in [5.41, 5.74) is 2.25. The quantitative estimate of drug-likeness (QED) is 0.683. The highest BCUT2D eigenvalue weighted by Gasteiger charge is 2.34. The maximum atomic E-state index is 12.9. The molecular weight excluding hydrogens is 395 g/mol. The van der Waals surface area contributed by atoms with E-state index in [1.807, 2.05) is 26.0 Å². The Bertz CT molecular complexity index is 960. The molecule has 28 heavy (non-hydrogen) atoms. The Balaban J connectivity index is 1.72. The maximum absolute atomic E-state index is 12.9. The van der Waals surface area contributed by atoms with Crippen LogP contribution in [-0.4, -0.2) is 17.9 Å². The molecule has 0 bridgehead atoms. The fourth-order valence-corrected chi connectivity index (χ4v) is 3.10. The molecule has 1 heterocycles. The van der Waals surface area contributed by atoms with Crippen molar-refractivity contribution in [3.63, 3.8) is 0 Å². The average molecular weight is 412 g/mol. The number of carbonyl (C=O) groups excluding carboxylic acids is 2. The third-order valence-corrected chi connectivity index (χ3v) is 4.81. The highest BCUT2D eigenvalue weighted by atomic mass is 35.5. The smallest absolute Gasteiger partial charge is 0.372 e. The van der Waals surface area contributed by atoms with Gasteiger partial charge in [-0.1, -0.05) is 11.6 Å². The SMILES string of the molecule is Cc1cc2c(cc1C)NC(CC(=O)Nc1ccc(Cl)c(C(F)(F)F)c1)C(=O)N2. The lowest BCUT2D eigenvalue weighted by atomic mass is 10.0. The second-order valence-electron chi connectivity index (χ2n) is 6.61. The van der Waals surface area contributed by atoms with Crippen molar-refractivity contribution >= 4 is 40.5 Å². The molecule has 1 aliphatic heterocycles. The second-order valence-corrected chi connectivity index (χ2v) is 7.02. The van der Waals surface area contributed by atoms with Crippen molar-refractivity contribution < 1.29 is 22.8 Å². The maximum Gasteiger partial charge on any atom is 0.417 e. The van der Waals surface area contributed by atoms with Crippen LogP contribution in [0.2, 0.25) is 5.02 Å². The second kappa shape index (κ2) is 7.35. The number of amides is 2. The minimum absolute atomic E-state index is 0.0511. The van der Waals surface area contributed by atoms with Gasteiger partial charge in [0.15, 0.2) is 0 Å².